The monoisotopic (exact) mass is 261 g/mol. The summed E-state index contributed by atoms with van der Waals surface area (Å²) in [6.07, 6.45) is 1.48. The van der Waals surface area contributed by atoms with Gasteiger partial charge in [-0.15, -0.1) is 0 Å². The van der Waals surface area contributed by atoms with Gasteiger partial charge in [-0.3, -0.25) is 9.89 Å². The molecule has 1 aromatic carbocycles. The summed E-state index contributed by atoms with van der Waals surface area (Å²) in [6.45, 7) is 2.49. The van der Waals surface area contributed by atoms with E-state index in [-0.39, 0.29) is 11.7 Å². The number of nitrogens with one attached hydrogen (secondary N) is 2. The predicted octanol–water partition coefficient (Wildman–Crippen LogP) is 2.08. The standard InChI is InChI=1S/C14H16FN3O/c1-2-12-9-13(18-17-12)14(19)16-8-7-10-3-5-11(15)6-4-10/h3-6,9H,2,7-8H2,1H3,(H,16,19)(H,17,18). The molecule has 2 N–H and O–H groups in total. The van der Waals surface area contributed by atoms with E-state index in [0.29, 0.717) is 18.7 Å². The first-order valence-corrected chi connectivity index (χ1v) is 6.26. The number of halogens is 1. The molecule has 0 fully saturated rings. The third kappa shape index (κ3) is 3.64. The van der Waals surface area contributed by atoms with Gasteiger partial charge in [0.25, 0.3) is 5.91 Å². The van der Waals surface area contributed by atoms with E-state index < -0.39 is 0 Å². The number of hydrogen-bond acceptors (Lipinski definition) is 2. The van der Waals surface area contributed by atoms with Crippen molar-refractivity contribution in [3.63, 3.8) is 0 Å². The first kappa shape index (κ1) is 13.3. The number of benzene rings is 1. The van der Waals surface area contributed by atoms with Crippen molar-refractivity contribution in [1.29, 1.82) is 0 Å². The maximum Gasteiger partial charge on any atom is 0.271 e. The molecule has 2 rings (SSSR count). The molecule has 0 aliphatic heterocycles. The molecular weight excluding hydrogens is 245 g/mol. The second kappa shape index (κ2) is 6.13. The van der Waals surface area contributed by atoms with Gasteiger partial charge in [0.05, 0.1) is 0 Å². The summed E-state index contributed by atoms with van der Waals surface area (Å²) in [5, 5.41) is 9.52. The third-order valence-corrected chi connectivity index (χ3v) is 2.86. The van der Waals surface area contributed by atoms with Gasteiger partial charge in [-0.25, -0.2) is 4.39 Å². The average Bonchev–Trinajstić information content (AvgIpc) is 2.90. The molecule has 0 spiro atoms. The number of aryl methyl sites for hydroxylation is 1. The van der Waals surface area contributed by atoms with E-state index in [2.05, 4.69) is 15.5 Å². The smallest absolute Gasteiger partial charge is 0.271 e. The van der Waals surface area contributed by atoms with Crippen molar-refractivity contribution in [2.24, 2.45) is 0 Å². The van der Waals surface area contributed by atoms with Gasteiger partial charge in [0.1, 0.15) is 11.5 Å². The van der Waals surface area contributed by atoms with Crippen molar-refractivity contribution >= 4 is 5.91 Å². The Hall–Kier alpha value is -2.17. The van der Waals surface area contributed by atoms with E-state index >= 15 is 0 Å². The molecule has 1 heterocycles. The molecule has 100 valence electrons. The first-order valence-electron chi connectivity index (χ1n) is 6.26. The summed E-state index contributed by atoms with van der Waals surface area (Å²) >= 11 is 0. The number of rotatable bonds is 5. The van der Waals surface area contributed by atoms with Crippen LogP contribution in [0.3, 0.4) is 0 Å². The van der Waals surface area contributed by atoms with Gasteiger partial charge in [0.15, 0.2) is 0 Å². The van der Waals surface area contributed by atoms with Gasteiger partial charge in [0, 0.05) is 12.2 Å². The highest BCUT2D eigenvalue weighted by Gasteiger charge is 2.08. The lowest BCUT2D eigenvalue weighted by Gasteiger charge is -2.03. The van der Waals surface area contributed by atoms with Crippen LogP contribution < -0.4 is 5.32 Å². The zero-order valence-corrected chi connectivity index (χ0v) is 10.7. The lowest BCUT2D eigenvalue weighted by Crippen LogP contribution is -2.26. The van der Waals surface area contributed by atoms with Gasteiger partial charge in [-0.05, 0) is 36.6 Å². The van der Waals surface area contributed by atoms with E-state index in [0.717, 1.165) is 17.7 Å². The topological polar surface area (TPSA) is 57.8 Å². The number of nitrogens with zero attached hydrogens (tertiary/aromatic N) is 1. The molecule has 5 heteroatoms. The lowest BCUT2D eigenvalue weighted by atomic mass is 10.1. The maximum absolute atomic E-state index is 12.7. The van der Waals surface area contributed by atoms with Crippen LogP contribution in [0.2, 0.25) is 0 Å². The molecule has 1 amide bonds. The Morgan fingerprint density at radius 2 is 2.11 bits per heavy atom. The summed E-state index contributed by atoms with van der Waals surface area (Å²) in [5.41, 5.74) is 2.32. The number of hydrogen-bond donors (Lipinski definition) is 2. The largest absolute Gasteiger partial charge is 0.350 e. The molecule has 0 saturated heterocycles. The molecule has 4 nitrogen and oxygen atoms in total. The fraction of sp³-hybridized carbons (Fsp3) is 0.286. The van der Waals surface area contributed by atoms with Crippen LogP contribution in [0.1, 0.15) is 28.7 Å². The van der Waals surface area contributed by atoms with Crippen LogP contribution >= 0.6 is 0 Å². The summed E-state index contributed by atoms with van der Waals surface area (Å²) in [7, 11) is 0. The van der Waals surface area contributed by atoms with Crippen LogP contribution in [0.15, 0.2) is 30.3 Å². The maximum atomic E-state index is 12.7. The summed E-state index contributed by atoms with van der Waals surface area (Å²) in [5.74, 6) is -0.450. The Balaban J connectivity index is 1.82. The SMILES string of the molecule is CCc1cc(C(=O)NCCc2ccc(F)cc2)n[nH]1. The van der Waals surface area contributed by atoms with Crippen LogP contribution in [0.25, 0.3) is 0 Å². The third-order valence-electron chi connectivity index (χ3n) is 2.86. The molecule has 0 bridgehead atoms. The van der Waals surface area contributed by atoms with E-state index in [1.54, 1.807) is 18.2 Å². The van der Waals surface area contributed by atoms with Gasteiger partial charge >= 0.3 is 0 Å². The number of H-pyrrole nitrogens is 1. The average molecular weight is 261 g/mol. The number of aromatic amines is 1. The number of amides is 1. The van der Waals surface area contributed by atoms with Crippen LogP contribution in [-0.4, -0.2) is 22.6 Å². The molecule has 19 heavy (non-hydrogen) atoms. The number of aromatic nitrogens is 2. The Bertz CT molecular complexity index is 548. The highest BCUT2D eigenvalue weighted by atomic mass is 19.1. The van der Waals surface area contributed by atoms with Crippen molar-refractivity contribution < 1.29 is 9.18 Å². The molecule has 0 unspecified atom stereocenters. The van der Waals surface area contributed by atoms with Crippen LogP contribution in [0, 0.1) is 5.82 Å². The Morgan fingerprint density at radius 1 is 1.37 bits per heavy atom. The van der Waals surface area contributed by atoms with Crippen molar-refractivity contribution in [3.05, 3.63) is 53.1 Å². The Morgan fingerprint density at radius 3 is 2.74 bits per heavy atom. The molecule has 0 aliphatic carbocycles. The molecule has 0 saturated carbocycles. The molecule has 2 aromatic rings. The molecule has 0 radical (unpaired) electrons. The second-order valence-electron chi connectivity index (χ2n) is 4.26. The number of carbonyl (C=O) groups is 1. The van der Waals surface area contributed by atoms with Crippen molar-refractivity contribution in [3.8, 4) is 0 Å². The number of carbonyl (C=O) groups excluding carboxylic acids is 1. The minimum atomic E-state index is -0.253. The van der Waals surface area contributed by atoms with Crippen LogP contribution in [0.4, 0.5) is 4.39 Å². The quantitative estimate of drug-likeness (QED) is 0.865. The van der Waals surface area contributed by atoms with Crippen molar-refractivity contribution in [1.82, 2.24) is 15.5 Å². The predicted molar refractivity (Wildman–Crippen MR) is 70.4 cm³/mol. The van der Waals surface area contributed by atoms with Crippen molar-refractivity contribution in [2.75, 3.05) is 6.54 Å². The minimum absolute atomic E-state index is 0.196. The van der Waals surface area contributed by atoms with E-state index in [1.165, 1.54) is 12.1 Å². The Labute approximate surface area is 111 Å². The first-order chi connectivity index (χ1) is 9.19. The van der Waals surface area contributed by atoms with E-state index in [4.69, 9.17) is 0 Å². The fourth-order valence-corrected chi connectivity index (χ4v) is 1.72. The summed E-state index contributed by atoms with van der Waals surface area (Å²) < 4.78 is 12.7. The summed E-state index contributed by atoms with van der Waals surface area (Å²) in [4.78, 5) is 11.8. The van der Waals surface area contributed by atoms with Gasteiger partial charge < -0.3 is 5.32 Å². The zero-order chi connectivity index (χ0) is 13.7. The normalized spacial score (nSPS) is 10.4. The molecule has 0 atom stereocenters. The minimum Gasteiger partial charge on any atom is -0.350 e. The van der Waals surface area contributed by atoms with Crippen LogP contribution in [-0.2, 0) is 12.8 Å². The highest BCUT2D eigenvalue weighted by molar-refractivity contribution is 5.92. The van der Waals surface area contributed by atoms with E-state index in [1.807, 2.05) is 6.92 Å². The summed E-state index contributed by atoms with van der Waals surface area (Å²) in [6, 6.07) is 8.00. The molecule has 1 aromatic heterocycles. The van der Waals surface area contributed by atoms with E-state index in [9.17, 15) is 9.18 Å². The highest BCUT2D eigenvalue weighted by Crippen LogP contribution is 2.03. The van der Waals surface area contributed by atoms with Crippen LogP contribution in [0.5, 0.6) is 0 Å². The Kier molecular flexibility index (Phi) is 4.28. The van der Waals surface area contributed by atoms with Gasteiger partial charge in [0.2, 0.25) is 0 Å². The van der Waals surface area contributed by atoms with Gasteiger partial charge in [-0.1, -0.05) is 19.1 Å². The second-order valence-corrected chi connectivity index (χ2v) is 4.26. The molecule has 0 aliphatic rings. The van der Waals surface area contributed by atoms with Crippen molar-refractivity contribution in [2.45, 2.75) is 19.8 Å². The lowest BCUT2D eigenvalue weighted by molar-refractivity contribution is 0.0949. The zero-order valence-electron chi connectivity index (χ0n) is 10.7. The molecular formula is C14H16FN3O. The van der Waals surface area contributed by atoms with Gasteiger partial charge in [-0.2, -0.15) is 5.10 Å². The fourth-order valence-electron chi connectivity index (χ4n) is 1.72.